The van der Waals surface area contributed by atoms with E-state index in [1.54, 1.807) is 0 Å². The van der Waals surface area contributed by atoms with E-state index in [-0.39, 0.29) is 19.2 Å². The third kappa shape index (κ3) is 1.33. The van der Waals surface area contributed by atoms with Gasteiger partial charge in [-0.3, -0.25) is 9.80 Å². The molecular formula is C7H10N4O3. The van der Waals surface area contributed by atoms with Gasteiger partial charge in [0.25, 0.3) is 5.91 Å². The van der Waals surface area contributed by atoms with Crippen LogP contribution in [0.2, 0.25) is 0 Å². The topological polar surface area (TPSA) is 88.1 Å². The molecule has 0 bridgehead atoms. The lowest BCUT2D eigenvalue weighted by atomic mass is 10.3. The Bertz CT molecular complexity index is 325. The number of fused-ring (bicyclic) bond motifs is 1. The van der Waals surface area contributed by atoms with Gasteiger partial charge in [0.05, 0.1) is 12.8 Å². The molecule has 0 aromatic carbocycles. The van der Waals surface area contributed by atoms with E-state index >= 15 is 0 Å². The van der Waals surface area contributed by atoms with Gasteiger partial charge in [-0.1, -0.05) is 0 Å². The zero-order valence-corrected chi connectivity index (χ0v) is 7.27. The van der Waals surface area contributed by atoms with Gasteiger partial charge < -0.3 is 15.5 Å². The third-order valence-corrected chi connectivity index (χ3v) is 1.88. The van der Waals surface area contributed by atoms with Crippen molar-refractivity contribution >= 4 is 5.91 Å². The fourth-order valence-corrected chi connectivity index (χ4v) is 1.24. The lowest BCUT2D eigenvalue weighted by Gasteiger charge is -2.25. The molecule has 7 heteroatoms. The number of nitrogens with one attached hydrogen (secondary N) is 2. The first-order chi connectivity index (χ1) is 6.74. The predicted octanol–water partition coefficient (Wildman–Crippen LogP) is -2.22. The lowest BCUT2D eigenvalue weighted by molar-refractivity contribution is -0.130. The summed E-state index contributed by atoms with van der Waals surface area (Å²) in [4.78, 5) is 11.4. The summed E-state index contributed by atoms with van der Waals surface area (Å²) in [6.45, 7) is -0.473. The van der Waals surface area contributed by atoms with Crippen molar-refractivity contribution in [1.82, 2.24) is 20.9 Å². The highest BCUT2D eigenvalue weighted by molar-refractivity contribution is 5.90. The van der Waals surface area contributed by atoms with Gasteiger partial charge in [0.2, 0.25) is 0 Å². The van der Waals surface area contributed by atoms with Crippen molar-refractivity contribution in [1.29, 1.82) is 0 Å². The van der Waals surface area contributed by atoms with E-state index in [4.69, 9.17) is 10.2 Å². The van der Waals surface area contributed by atoms with E-state index in [0.29, 0.717) is 11.5 Å². The molecule has 2 aliphatic heterocycles. The first-order valence-electron chi connectivity index (χ1n) is 4.03. The maximum absolute atomic E-state index is 11.4. The molecule has 0 aromatic rings. The number of hydrogen-bond acceptors (Lipinski definition) is 6. The van der Waals surface area contributed by atoms with Gasteiger partial charge in [-0.2, -0.15) is 0 Å². The number of amides is 1. The smallest absolute Gasteiger partial charge is 0.270 e. The third-order valence-electron chi connectivity index (χ3n) is 1.88. The second kappa shape index (κ2) is 3.29. The maximum atomic E-state index is 11.4. The van der Waals surface area contributed by atoms with Crippen molar-refractivity contribution in [2.75, 3.05) is 13.3 Å². The molecule has 2 rings (SSSR count). The minimum absolute atomic E-state index is 0.226. The summed E-state index contributed by atoms with van der Waals surface area (Å²) in [5.74, 6) is 0.186. The van der Waals surface area contributed by atoms with Crippen LogP contribution in [0.15, 0.2) is 23.8 Å². The van der Waals surface area contributed by atoms with Crippen LogP contribution in [-0.2, 0) is 4.79 Å². The Labute approximate surface area is 79.8 Å². The van der Waals surface area contributed by atoms with E-state index in [9.17, 15) is 4.79 Å². The SMILES string of the molecule is O=C1C=C(CO)NC2=CN(CO)NN12. The zero-order valence-electron chi connectivity index (χ0n) is 7.27. The summed E-state index contributed by atoms with van der Waals surface area (Å²) >= 11 is 0. The molecule has 2 heterocycles. The summed E-state index contributed by atoms with van der Waals surface area (Å²) in [5, 5.41) is 23.0. The van der Waals surface area contributed by atoms with Crippen molar-refractivity contribution in [3.63, 3.8) is 0 Å². The Morgan fingerprint density at radius 1 is 1.43 bits per heavy atom. The first kappa shape index (κ1) is 9.00. The maximum Gasteiger partial charge on any atom is 0.270 e. The van der Waals surface area contributed by atoms with Crippen LogP contribution in [0.3, 0.4) is 0 Å². The van der Waals surface area contributed by atoms with Gasteiger partial charge in [-0.05, 0) is 0 Å². The second-order valence-corrected chi connectivity index (χ2v) is 2.85. The molecule has 0 saturated carbocycles. The standard InChI is InChI=1S/C7H10N4O3/c12-3-5-1-7(14)11-6(8-5)2-10(4-13)9-11/h1-2,8-9,12-13H,3-4H2. The Kier molecular flexibility index (Phi) is 2.12. The van der Waals surface area contributed by atoms with Gasteiger partial charge in [-0.25, -0.2) is 5.01 Å². The van der Waals surface area contributed by atoms with E-state index in [0.717, 1.165) is 0 Å². The van der Waals surface area contributed by atoms with Crippen LogP contribution < -0.4 is 10.9 Å². The average molecular weight is 198 g/mol. The molecule has 0 atom stereocenters. The van der Waals surface area contributed by atoms with Gasteiger partial charge in [0.15, 0.2) is 0 Å². The van der Waals surface area contributed by atoms with E-state index < -0.39 is 0 Å². The van der Waals surface area contributed by atoms with Gasteiger partial charge >= 0.3 is 0 Å². The Hall–Kier alpha value is -1.57. The quantitative estimate of drug-likeness (QED) is 0.402. The highest BCUT2D eigenvalue weighted by atomic mass is 16.3. The summed E-state index contributed by atoms with van der Waals surface area (Å²) in [5.41, 5.74) is 3.05. The van der Waals surface area contributed by atoms with Crippen molar-refractivity contribution < 1.29 is 15.0 Å². The first-order valence-corrected chi connectivity index (χ1v) is 4.03. The highest BCUT2D eigenvalue weighted by Crippen LogP contribution is 2.14. The number of aliphatic hydroxyl groups is 2. The summed E-state index contributed by atoms with van der Waals surface area (Å²) in [6, 6.07) is 0. The van der Waals surface area contributed by atoms with Crippen LogP contribution in [0.5, 0.6) is 0 Å². The van der Waals surface area contributed by atoms with Crippen LogP contribution in [0.4, 0.5) is 0 Å². The van der Waals surface area contributed by atoms with Crippen LogP contribution >= 0.6 is 0 Å². The van der Waals surface area contributed by atoms with E-state index in [1.807, 2.05) is 0 Å². The average Bonchev–Trinajstić information content (AvgIpc) is 2.61. The van der Waals surface area contributed by atoms with Crippen LogP contribution in [0.1, 0.15) is 0 Å². The molecule has 2 aliphatic rings. The largest absolute Gasteiger partial charge is 0.390 e. The molecule has 0 aromatic heterocycles. The number of carbonyl (C=O) groups is 1. The monoisotopic (exact) mass is 198 g/mol. The highest BCUT2D eigenvalue weighted by Gasteiger charge is 2.29. The number of hydrazine groups is 2. The Morgan fingerprint density at radius 2 is 2.21 bits per heavy atom. The van der Waals surface area contributed by atoms with Gasteiger partial charge in [0, 0.05) is 11.8 Å². The minimum Gasteiger partial charge on any atom is -0.390 e. The second-order valence-electron chi connectivity index (χ2n) is 2.85. The van der Waals surface area contributed by atoms with Crippen molar-refractivity contribution in [2.24, 2.45) is 0 Å². The number of rotatable bonds is 2. The van der Waals surface area contributed by atoms with Gasteiger partial charge in [0.1, 0.15) is 12.6 Å². The molecule has 76 valence electrons. The molecule has 1 amide bonds. The van der Waals surface area contributed by atoms with E-state index in [1.165, 1.54) is 22.3 Å². The summed E-state index contributed by atoms with van der Waals surface area (Å²) in [7, 11) is 0. The number of aliphatic hydroxyl groups excluding tert-OH is 2. The molecule has 7 nitrogen and oxygen atoms in total. The molecule has 0 spiro atoms. The lowest BCUT2D eigenvalue weighted by Crippen LogP contribution is -2.48. The van der Waals surface area contributed by atoms with E-state index in [2.05, 4.69) is 10.9 Å². The Balaban J connectivity index is 2.21. The van der Waals surface area contributed by atoms with Crippen molar-refractivity contribution in [3.05, 3.63) is 23.8 Å². The number of nitrogens with zero attached hydrogens (tertiary/aromatic N) is 2. The molecule has 0 aliphatic carbocycles. The fraction of sp³-hybridized carbons (Fsp3) is 0.286. The predicted molar refractivity (Wildman–Crippen MR) is 45.3 cm³/mol. The van der Waals surface area contributed by atoms with Crippen molar-refractivity contribution in [2.45, 2.75) is 0 Å². The number of carbonyl (C=O) groups excluding carboxylic acids is 1. The minimum atomic E-state index is -0.296. The zero-order chi connectivity index (χ0) is 10.1. The normalized spacial score (nSPS) is 20.3. The fourth-order valence-electron chi connectivity index (χ4n) is 1.24. The summed E-state index contributed by atoms with van der Waals surface area (Å²) in [6.07, 6.45) is 2.81. The molecular weight excluding hydrogens is 188 g/mol. The summed E-state index contributed by atoms with van der Waals surface area (Å²) < 4.78 is 0. The van der Waals surface area contributed by atoms with Crippen LogP contribution in [0, 0.1) is 0 Å². The molecule has 4 N–H and O–H groups in total. The van der Waals surface area contributed by atoms with Crippen molar-refractivity contribution in [3.8, 4) is 0 Å². The molecule has 0 unspecified atom stereocenters. The van der Waals surface area contributed by atoms with Crippen LogP contribution in [-0.4, -0.2) is 39.5 Å². The van der Waals surface area contributed by atoms with Gasteiger partial charge in [-0.15, -0.1) is 5.53 Å². The molecule has 0 radical (unpaired) electrons. The number of hydrogen-bond donors (Lipinski definition) is 4. The molecule has 0 saturated heterocycles. The Morgan fingerprint density at radius 3 is 2.86 bits per heavy atom. The van der Waals surface area contributed by atoms with Crippen LogP contribution in [0.25, 0.3) is 0 Å². The molecule has 0 fully saturated rings. The molecule has 14 heavy (non-hydrogen) atoms.